The monoisotopic (exact) mass is 659 g/mol. The van der Waals surface area contributed by atoms with E-state index in [9.17, 15) is 19.8 Å². The molecule has 0 aliphatic carbocycles. The normalized spacial score (nSPS) is 9.98. The minimum Gasteiger partial charge on any atom is -0.545 e. The molecule has 0 saturated heterocycles. The second-order valence-electron chi connectivity index (χ2n) is 7.53. The van der Waals surface area contributed by atoms with Crippen molar-refractivity contribution >= 4 is 71.5 Å². The van der Waals surface area contributed by atoms with Gasteiger partial charge in [-0.2, -0.15) is 0 Å². The average molecular weight is 660 g/mol. The molecular weight excluding hydrogens is 639 g/mol. The number of carboxylic acid groups (broad SMARTS) is 2. The fourth-order valence-corrected chi connectivity index (χ4v) is 3.71. The van der Waals surface area contributed by atoms with E-state index >= 15 is 0 Å². The Morgan fingerprint density at radius 3 is 1.07 bits per heavy atom. The standard InChI is InChI=1S/2C12H8N2.C4H3BrO4.Mn.H2O2.H2O/c2*1-3-9-5-6-10-4-2-8-14-12(10)11(9)13-7-1;5-2(4(8)9)1-3(6)7;;1-2;/h2*1-8H;1H,(H,6,7)(H,8,9);;1H2;1H2/q;;;+2;;/p-2/b;;2-1+;;;. The number of hydrogen-bond donors (Lipinski definition) is 0. The smallest absolute Gasteiger partial charge is 0.545 e. The molecular formula is C28H21BrMnN4O7. The van der Waals surface area contributed by atoms with E-state index in [1.807, 2.05) is 24.3 Å². The molecule has 0 aliphatic heterocycles. The minimum absolute atomic E-state index is 0. The summed E-state index contributed by atoms with van der Waals surface area (Å²) in [5, 5.41) is 35.9. The molecule has 6 aromatic rings. The zero-order valence-electron chi connectivity index (χ0n) is 20.9. The second kappa shape index (κ2) is 17.4. The van der Waals surface area contributed by atoms with Crippen LogP contribution in [0.5, 0.6) is 0 Å². The van der Waals surface area contributed by atoms with Gasteiger partial charge in [-0.3, -0.25) is 19.9 Å². The van der Waals surface area contributed by atoms with Crippen LogP contribution in [0.25, 0.3) is 43.6 Å². The number of carbonyl (C=O) groups is 2. The minimum atomic E-state index is -1.58. The van der Waals surface area contributed by atoms with Crippen molar-refractivity contribution < 1.29 is 52.9 Å². The molecule has 0 fully saturated rings. The number of fused-ring (bicyclic) bond motifs is 6. The van der Waals surface area contributed by atoms with E-state index in [4.69, 9.17) is 5.26 Å². The van der Waals surface area contributed by atoms with E-state index in [2.05, 4.69) is 89.7 Å². The summed E-state index contributed by atoms with van der Waals surface area (Å²) in [6.45, 7) is 0. The molecule has 4 aromatic heterocycles. The average Bonchev–Trinajstić information content (AvgIpc) is 2.98. The molecule has 6 rings (SSSR count). The van der Waals surface area contributed by atoms with Gasteiger partial charge in [0, 0.05) is 50.8 Å². The molecule has 1 radical (unpaired) electrons. The molecule has 41 heavy (non-hydrogen) atoms. The van der Waals surface area contributed by atoms with Crippen molar-refractivity contribution in [3.63, 3.8) is 0 Å². The maximum absolute atomic E-state index is 9.72. The zero-order chi connectivity index (χ0) is 28.2. The quantitative estimate of drug-likeness (QED) is 0.0631. The van der Waals surface area contributed by atoms with E-state index in [0.29, 0.717) is 6.08 Å². The van der Waals surface area contributed by atoms with Gasteiger partial charge in [0.25, 0.3) is 0 Å². The molecule has 0 saturated carbocycles. The number of benzene rings is 2. The summed E-state index contributed by atoms with van der Waals surface area (Å²) < 4.78 is -0.539. The molecule has 0 amide bonds. The first-order chi connectivity index (χ1) is 18.9. The van der Waals surface area contributed by atoms with Gasteiger partial charge in [-0.05, 0) is 46.3 Å². The number of hydrogen-bond acceptors (Lipinski definition) is 9. The summed E-state index contributed by atoms with van der Waals surface area (Å²) in [6.07, 6.45) is 7.59. The van der Waals surface area contributed by atoms with Crippen LogP contribution < -0.4 is 15.5 Å². The number of nitrogens with zero attached hydrogens (tertiary/aromatic N) is 4. The van der Waals surface area contributed by atoms with Crippen molar-refractivity contribution in [3.05, 3.63) is 108 Å². The van der Waals surface area contributed by atoms with Gasteiger partial charge < -0.3 is 35.8 Å². The van der Waals surface area contributed by atoms with Gasteiger partial charge in [0.1, 0.15) is 0 Å². The number of rotatable bonds is 2. The fraction of sp³-hybridized carbons (Fsp3) is 0. The number of carbonyl (C=O) groups excluding carboxylic acids is 2. The molecule has 2 aromatic carbocycles. The molecule has 0 atom stereocenters. The summed E-state index contributed by atoms with van der Waals surface area (Å²) in [5.74, 6) is -3.16. The van der Waals surface area contributed by atoms with Gasteiger partial charge in [-0.15, -0.1) is 0 Å². The van der Waals surface area contributed by atoms with Gasteiger partial charge in [0.05, 0.1) is 34.0 Å². The van der Waals surface area contributed by atoms with Crippen LogP contribution in [0.2, 0.25) is 0 Å². The van der Waals surface area contributed by atoms with Gasteiger partial charge in [0.15, 0.2) is 0 Å². The molecule has 13 heteroatoms. The number of aliphatic carboxylic acids is 2. The Morgan fingerprint density at radius 1 is 0.610 bits per heavy atom. The summed E-state index contributed by atoms with van der Waals surface area (Å²) >= 11 is 2.42. The van der Waals surface area contributed by atoms with Crippen LogP contribution >= 0.6 is 15.9 Å². The Morgan fingerprint density at radius 2 is 0.878 bits per heavy atom. The molecule has 0 aliphatic rings. The van der Waals surface area contributed by atoms with Crippen LogP contribution in [-0.4, -0.2) is 42.6 Å². The molecule has 0 unspecified atom stereocenters. The third kappa shape index (κ3) is 9.36. The first-order valence-electron chi connectivity index (χ1n) is 11.1. The Balaban J connectivity index is 0.000000299. The SMILES string of the molecule is O.O=C([O-])/C=C(/Br)C(=O)[O-].[Mn+2].[O-][OH2+].c1cnc2c(c1)ccc1cccnc12.c1cnc2c(c1)ccc1cccnc12. The Bertz CT molecular complexity index is 1570. The van der Waals surface area contributed by atoms with Crippen molar-refractivity contribution in [3.8, 4) is 0 Å². The topological polar surface area (TPSA) is 209 Å². The Kier molecular flexibility index (Phi) is 14.7. The van der Waals surface area contributed by atoms with Crippen molar-refractivity contribution in [2.45, 2.75) is 0 Å². The first kappa shape index (κ1) is 34.7. The van der Waals surface area contributed by atoms with Crippen molar-refractivity contribution in [1.82, 2.24) is 19.9 Å². The Hall–Kier alpha value is -4.36. The van der Waals surface area contributed by atoms with Crippen LogP contribution in [0.4, 0.5) is 0 Å². The molecule has 0 bridgehead atoms. The van der Waals surface area contributed by atoms with E-state index < -0.39 is 16.4 Å². The molecule has 0 spiro atoms. The number of aromatic nitrogens is 4. The maximum atomic E-state index is 9.72. The number of pyridine rings is 4. The largest absolute Gasteiger partial charge is 2.00 e. The van der Waals surface area contributed by atoms with Gasteiger partial charge in [-0.25, -0.2) is 0 Å². The van der Waals surface area contributed by atoms with Crippen molar-refractivity contribution in [1.29, 1.82) is 0 Å². The van der Waals surface area contributed by atoms with Gasteiger partial charge in [0.2, 0.25) is 0 Å². The van der Waals surface area contributed by atoms with Gasteiger partial charge >= 0.3 is 17.1 Å². The van der Waals surface area contributed by atoms with Crippen LogP contribution in [-0.2, 0) is 26.7 Å². The van der Waals surface area contributed by atoms with Crippen LogP contribution in [0.1, 0.15) is 0 Å². The third-order valence-electron chi connectivity index (χ3n) is 5.13. The third-order valence-corrected chi connectivity index (χ3v) is 5.68. The van der Waals surface area contributed by atoms with Gasteiger partial charge in [-0.1, -0.05) is 48.5 Å². The van der Waals surface area contributed by atoms with Crippen molar-refractivity contribution in [2.75, 3.05) is 0 Å². The van der Waals surface area contributed by atoms with Crippen LogP contribution in [0.15, 0.2) is 108 Å². The summed E-state index contributed by atoms with van der Waals surface area (Å²) in [6, 6.07) is 24.3. The van der Waals surface area contributed by atoms with E-state index in [1.54, 1.807) is 24.8 Å². The zero-order valence-corrected chi connectivity index (χ0v) is 23.7. The predicted octanol–water partition coefficient (Wildman–Crippen LogP) is 0.490. The first-order valence-corrected chi connectivity index (χ1v) is 11.9. The Labute approximate surface area is 251 Å². The molecule has 11 nitrogen and oxygen atoms in total. The molecule has 4 heterocycles. The second-order valence-corrected chi connectivity index (χ2v) is 8.38. The maximum Gasteiger partial charge on any atom is 2.00 e. The van der Waals surface area contributed by atoms with E-state index in [-0.39, 0.29) is 22.5 Å². The molecule has 209 valence electrons. The number of carboxylic acids is 2. The number of halogens is 1. The van der Waals surface area contributed by atoms with Crippen LogP contribution in [0.3, 0.4) is 0 Å². The summed E-state index contributed by atoms with van der Waals surface area (Å²) in [4.78, 5) is 36.7. The predicted molar refractivity (Wildman–Crippen MR) is 148 cm³/mol. The summed E-state index contributed by atoms with van der Waals surface area (Å²) in [5.41, 5.74) is 3.91. The van der Waals surface area contributed by atoms with Crippen molar-refractivity contribution in [2.24, 2.45) is 0 Å². The van der Waals surface area contributed by atoms with Crippen LogP contribution in [0, 0.1) is 0 Å². The summed E-state index contributed by atoms with van der Waals surface area (Å²) in [7, 11) is 0. The van der Waals surface area contributed by atoms with E-state index in [1.165, 1.54) is 0 Å². The fourth-order valence-electron chi connectivity index (χ4n) is 3.52. The van der Waals surface area contributed by atoms with E-state index in [0.717, 1.165) is 43.6 Å². The molecule has 4 N–H and O–H groups in total.